The van der Waals surface area contributed by atoms with Crippen molar-refractivity contribution in [2.24, 2.45) is 0 Å². The second-order valence-electron chi connectivity index (χ2n) is 7.24. The van der Waals surface area contributed by atoms with Crippen LogP contribution < -0.4 is 15.0 Å². The third-order valence-corrected chi connectivity index (χ3v) is 5.45. The molecule has 12 nitrogen and oxygen atoms in total. The van der Waals surface area contributed by atoms with Crippen molar-refractivity contribution in [3.8, 4) is 11.5 Å². The fraction of sp³-hybridized carbons (Fsp3) is 0. The van der Waals surface area contributed by atoms with Crippen LogP contribution in [0.3, 0.4) is 0 Å². The van der Waals surface area contributed by atoms with Crippen molar-refractivity contribution in [2.45, 2.75) is 0 Å². The van der Waals surface area contributed by atoms with E-state index in [0.29, 0.717) is 4.47 Å². The molecule has 0 unspecified atom stereocenters. The average Bonchev–Trinajstić information content (AvgIpc) is 2.83. The number of nitrogens with one attached hydrogen (secondary N) is 1. The molecule has 4 amide bonds. The van der Waals surface area contributed by atoms with Crippen LogP contribution in [0.15, 0.2) is 76.8 Å². The molecule has 1 aliphatic heterocycles. The third kappa shape index (κ3) is 4.81. The topological polar surface area (TPSA) is 162 Å². The number of barbiturate groups is 1. The van der Waals surface area contributed by atoms with E-state index in [-0.39, 0.29) is 28.3 Å². The van der Waals surface area contributed by atoms with Crippen LogP contribution in [0.25, 0.3) is 6.08 Å². The number of hydrogen-bond donors (Lipinski definition) is 1. The molecular formula is C23H13BrN4O8. The lowest BCUT2D eigenvalue weighted by Crippen LogP contribution is -2.54. The van der Waals surface area contributed by atoms with Crippen molar-refractivity contribution in [1.82, 2.24) is 5.32 Å². The number of non-ortho nitro benzene ring substituents is 1. The van der Waals surface area contributed by atoms with Gasteiger partial charge in [-0.05, 0) is 42.5 Å². The normalized spacial score (nSPS) is 14.5. The van der Waals surface area contributed by atoms with Gasteiger partial charge >= 0.3 is 11.7 Å². The van der Waals surface area contributed by atoms with Crippen LogP contribution in [-0.2, 0) is 9.59 Å². The molecule has 0 atom stereocenters. The molecule has 3 aromatic carbocycles. The van der Waals surface area contributed by atoms with Gasteiger partial charge in [-0.1, -0.05) is 34.1 Å². The summed E-state index contributed by atoms with van der Waals surface area (Å²) in [5.74, 6) is -2.12. The molecule has 0 spiro atoms. The number of carbonyl (C=O) groups is 3. The minimum absolute atomic E-state index is 0.00594. The largest absolute Gasteiger partial charge is 0.449 e. The van der Waals surface area contributed by atoms with Crippen molar-refractivity contribution in [3.63, 3.8) is 0 Å². The van der Waals surface area contributed by atoms with Crippen LogP contribution in [0.4, 0.5) is 21.9 Å². The summed E-state index contributed by atoms with van der Waals surface area (Å²) in [5.41, 5.74) is -1.14. The molecular weight excluding hydrogens is 540 g/mol. The van der Waals surface area contributed by atoms with Gasteiger partial charge < -0.3 is 4.74 Å². The number of nitrogens with zero attached hydrogens (tertiary/aromatic N) is 3. The van der Waals surface area contributed by atoms with Gasteiger partial charge in [0.15, 0.2) is 0 Å². The minimum atomic E-state index is -0.940. The van der Waals surface area contributed by atoms with Crippen LogP contribution >= 0.6 is 15.9 Å². The Bertz CT molecular complexity index is 1470. The van der Waals surface area contributed by atoms with Crippen molar-refractivity contribution >= 4 is 56.9 Å². The van der Waals surface area contributed by atoms with Gasteiger partial charge in [-0.2, -0.15) is 0 Å². The molecule has 1 N–H and O–H groups in total. The van der Waals surface area contributed by atoms with E-state index in [9.17, 15) is 34.6 Å². The van der Waals surface area contributed by atoms with Gasteiger partial charge in [0.25, 0.3) is 17.5 Å². The number of nitro groups is 2. The zero-order valence-corrected chi connectivity index (χ0v) is 19.5. The van der Waals surface area contributed by atoms with Gasteiger partial charge in [0, 0.05) is 16.1 Å². The molecule has 13 heteroatoms. The highest BCUT2D eigenvalue weighted by molar-refractivity contribution is 9.10. The number of halogens is 1. The van der Waals surface area contributed by atoms with Crippen molar-refractivity contribution < 1.29 is 29.0 Å². The van der Waals surface area contributed by atoms with Crippen molar-refractivity contribution in [3.05, 3.63) is 103 Å². The van der Waals surface area contributed by atoms with E-state index in [0.717, 1.165) is 23.1 Å². The molecule has 0 bridgehead atoms. The maximum atomic E-state index is 13.1. The summed E-state index contributed by atoms with van der Waals surface area (Å²) >= 11 is 3.28. The number of hydrogen-bond acceptors (Lipinski definition) is 8. The number of carbonyl (C=O) groups excluding carboxylic acids is 3. The van der Waals surface area contributed by atoms with Crippen LogP contribution in [0.1, 0.15) is 5.56 Å². The molecule has 4 rings (SSSR count). The Balaban J connectivity index is 1.77. The summed E-state index contributed by atoms with van der Waals surface area (Å²) in [6.07, 6.45) is 1.18. The van der Waals surface area contributed by atoms with Crippen LogP contribution in [0.2, 0.25) is 0 Å². The van der Waals surface area contributed by atoms with Crippen LogP contribution in [0.5, 0.6) is 11.5 Å². The first kappa shape index (κ1) is 24.2. The van der Waals surface area contributed by atoms with E-state index < -0.39 is 39.1 Å². The van der Waals surface area contributed by atoms with Gasteiger partial charge in [-0.15, -0.1) is 0 Å². The zero-order chi connectivity index (χ0) is 26.0. The lowest BCUT2D eigenvalue weighted by molar-refractivity contribution is -0.394. The molecule has 0 aromatic heterocycles. The molecule has 1 saturated heterocycles. The zero-order valence-electron chi connectivity index (χ0n) is 17.9. The number of anilines is 1. The van der Waals surface area contributed by atoms with Gasteiger partial charge in [0.2, 0.25) is 5.75 Å². The molecule has 1 aliphatic rings. The lowest BCUT2D eigenvalue weighted by Gasteiger charge is -2.26. The van der Waals surface area contributed by atoms with E-state index >= 15 is 0 Å². The first-order chi connectivity index (χ1) is 17.2. The predicted molar refractivity (Wildman–Crippen MR) is 129 cm³/mol. The second kappa shape index (κ2) is 9.76. The van der Waals surface area contributed by atoms with Crippen molar-refractivity contribution in [1.29, 1.82) is 0 Å². The van der Waals surface area contributed by atoms with Gasteiger partial charge in [-0.3, -0.25) is 35.1 Å². The second-order valence-corrected chi connectivity index (χ2v) is 8.16. The number of imide groups is 2. The van der Waals surface area contributed by atoms with E-state index in [1.165, 1.54) is 30.3 Å². The summed E-state index contributed by atoms with van der Waals surface area (Å²) in [5, 5.41) is 24.6. The molecule has 36 heavy (non-hydrogen) atoms. The van der Waals surface area contributed by atoms with E-state index in [2.05, 4.69) is 21.2 Å². The summed E-state index contributed by atoms with van der Waals surface area (Å²) in [7, 11) is 0. The first-order valence-electron chi connectivity index (χ1n) is 10.0. The number of urea groups is 1. The monoisotopic (exact) mass is 552 g/mol. The molecule has 1 heterocycles. The molecule has 0 aliphatic carbocycles. The highest BCUT2D eigenvalue weighted by Gasteiger charge is 2.37. The number of ether oxygens (including phenoxy) is 1. The Morgan fingerprint density at radius 2 is 1.58 bits per heavy atom. The van der Waals surface area contributed by atoms with E-state index in [1.807, 2.05) is 0 Å². The van der Waals surface area contributed by atoms with Crippen LogP contribution in [0, 0.1) is 20.2 Å². The van der Waals surface area contributed by atoms with Crippen LogP contribution in [-0.4, -0.2) is 27.7 Å². The molecule has 180 valence electrons. The predicted octanol–water partition coefficient (Wildman–Crippen LogP) is 4.72. The number of amides is 4. The molecule has 0 saturated carbocycles. The summed E-state index contributed by atoms with van der Waals surface area (Å²) in [6, 6.07) is 14.4. The number of nitro benzene ring substituents is 2. The van der Waals surface area contributed by atoms with Gasteiger partial charge in [0.05, 0.1) is 21.6 Å². The quantitative estimate of drug-likeness (QED) is 0.198. The van der Waals surface area contributed by atoms with Gasteiger partial charge in [-0.25, -0.2) is 9.69 Å². The van der Waals surface area contributed by atoms with E-state index in [4.69, 9.17) is 4.74 Å². The highest BCUT2D eigenvalue weighted by Crippen LogP contribution is 2.37. The highest BCUT2D eigenvalue weighted by atomic mass is 79.9. The Hall–Kier alpha value is -4.91. The third-order valence-electron chi connectivity index (χ3n) is 4.96. The maximum Gasteiger partial charge on any atom is 0.335 e. The Morgan fingerprint density at radius 3 is 2.25 bits per heavy atom. The number of para-hydroxylation sites is 1. The number of benzene rings is 3. The Kier molecular flexibility index (Phi) is 6.56. The Morgan fingerprint density at radius 1 is 0.889 bits per heavy atom. The number of rotatable bonds is 6. The summed E-state index contributed by atoms with van der Waals surface area (Å²) in [6.45, 7) is 0. The van der Waals surface area contributed by atoms with E-state index in [1.54, 1.807) is 24.3 Å². The minimum Gasteiger partial charge on any atom is -0.449 e. The SMILES string of the molecule is O=C1NC(=O)N(c2ccccc2)C(=O)/C1=C/c1cc(Br)ccc1Oc1ccc([N+](=O)[O-])cc1[N+](=O)[O-]. The standard InChI is InChI=1S/C23H13BrN4O8/c24-14-6-8-19(36-20-9-7-16(27(32)33)12-18(20)28(34)35)13(10-14)11-17-21(29)25-23(31)26(22(17)30)15-4-2-1-3-5-15/h1-12H,(H,25,29,31)/b17-11+. The first-order valence-corrected chi connectivity index (χ1v) is 10.8. The van der Waals surface area contributed by atoms with Crippen molar-refractivity contribution in [2.75, 3.05) is 4.90 Å². The fourth-order valence-corrected chi connectivity index (χ4v) is 3.70. The maximum absolute atomic E-state index is 13.1. The van der Waals surface area contributed by atoms with Gasteiger partial charge in [0.1, 0.15) is 11.3 Å². The smallest absolute Gasteiger partial charge is 0.335 e. The molecule has 0 radical (unpaired) electrons. The fourth-order valence-electron chi connectivity index (χ4n) is 3.32. The summed E-state index contributed by atoms with van der Waals surface area (Å²) in [4.78, 5) is 59.7. The lowest BCUT2D eigenvalue weighted by atomic mass is 10.1. The molecule has 3 aromatic rings. The summed E-state index contributed by atoms with van der Waals surface area (Å²) < 4.78 is 6.21. The Labute approximate surface area is 210 Å². The molecule has 1 fully saturated rings. The average molecular weight is 553 g/mol.